The molecule has 3 rings (SSSR count). The molecule has 37 heavy (non-hydrogen) atoms. The van der Waals surface area contributed by atoms with E-state index < -0.39 is 28.5 Å². The Morgan fingerprint density at radius 1 is 1.00 bits per heavy atom. The van der Waals surface area contributed by atoms with Crippen molar-refractivity contribution in [2.24, 2.45) is 0 Å². The van der Waals surface area contributed by atoms with Crippen LogP contribution < -0.4 is 19.1 Å². The van der Waals surface area contributed by atoms with E-state index in [-0.39, 0.29) is 29.9 Å². The summed E-state index contributed by atoms with van der Waals surface area (Å²) in [7, 11) is -3.87. The molecule has 202 valence electrons. The molecular weight excluding hydrogens is 541 g/mol. The molecule has 1 aliphatic heterocycles. The number of benzene rings is 2. The molecule has 0 saturated heterocycles. The van der Waals surface area contributed by atoms with E-state index in [0.717, 1.165) is 4.31 Å². The lowest BCUT2D eigenvalue weighted by Crippen LogP contribution is -2.52. The number of sulfonamides is 1. The van der Waals surface area contributed by atoms with E-state index in [0.29, 0.717) is 40.3 Å². The van der Waals surface area contributed by atoms with E-state index in [1.54, 1.807) is 37.3 Å². The van der Waals surface area contributed by atoms with Gasteiger partial charge in [0.1, 0.15) is 25.8 Å². The van der Waals surface area contributed by atoms with Crippen LogP contribution in [-0.4, -0.2) is 62.7 Å². The van der Waals surface area contributed by atoms with Gasteiger partial charge in [0.15, 0.2) is 11.5 Å². The quantitative estimate of drug-likeness (QED) is 0.464. The highest BCUT2D eigenvalue weighted by Gasteiger charge is 2.32. The van der Waals surface area contributed by atoms with Crippen LogP contribution in [-0.2, 0) is 26.2 Å². The third kappa shape index (κ3) is 7.21. The van der Waals surface area contributed by atoms with Gasteiger partial charge in [0.25, 0.3) is 0 Å². The predicted octanol–water partition coefficient (Wildman–Crippen LogP) is 3.86. The third-order valence-electron chi connectivity index (χ3n) is 5.73. The van der Waals surface area contributed by atoms with E-state index in [2.05, 4.69) is 5.32 Å². The van der Waals surface area contributed by atoms with Crippen LogP contribution in [0.2, 0.25) is 10.0 Å². The average Bonchev–Trinajstić information content (AvgIpc) is 2.86. The molecule has 2 aromatic rings. The predicted molar refractivity (Wildman–Crippen MR) is 144 cm³/mol. The fourth-order valence-electron chi connectivity index (χ4n) is 3.73. The summed E-state index contributed by atoms with van der Waals surface area (Å²) < 4.78 is 38.3. The fraction of sp³-hybridized carbons (Fsp3) is 0.440. The van der Waals surface area contributed by atoms with Gasteiger partial charge < -0.3 is 19.7 Å². The first-order valence-electron chi connectivity index (χ1n) is 11.9. The molecular formula is C25H31Cl2N3O6S. The lowest BCUT2D eigenvalue weighted by atomic mass is 10.1. The normalized spacial score (nSPS) is 13.7. The smallest absolute Gasteiger partial charge is 0.244 e. The maximum atomic E-state index is 13.7. The van der Waals surface area contributed by atoms with Gasteiger partial charge >= 0.3 is 0 Å². The van der Waals surface area contributed by atoms with Crippen molar-refractivity contribution in [3.8, 4) is 11.5 Å². The Balaban J connectivity index is 1.96. The number of rotatable bonds is 10. The molecule has 1 heterocycles. The summed E-state index contributed by atoms with van der Waals surface area (Å²) >= 11 is 12.2. The van der Waals surface area contributed by atoms with E-state index in [4.69, 9.17) is 32.7 Å². The number of fused-ring (bicyclic) bond motifs is 1. The van der Waals surface area contributed by atoms with Gasteiger partial charge in [0.05, 0.1) is 21.5 Å². The summed E-state index contributed by atoms with van der Waals surface area (Å²) in [4.78, 5) is 27.9. The zero-order chi connectivity index (χ0) is 27.3. The van der Waals surface area contributed by atoms with Crippen molar-refractivity contribution in [3.05, 3.63) is 52.0 Å². The number of nitrogens with zero attached hydrogens (tertiary/aromatic N) is 2. The Labute approximate surface area is 227 Å². The fourth-order valence-corrected chi connectivity index (χ4v) is 5.10. The van der Waals surface area contributed by atoms with E-state index in [1.807, 2.05) is 13.8 Å². The van der Waals surface area contributed by atoms with Crippen LogP contribution in [0.25, 0.3) is 0 Å². The maximum absolute atomic E-state index is 13.7. The van der Waals surface area contributed by atoms with Gasteiger partial charge in [0.2, 0.25) is 21.8 Å². The minimum absolute atomic E-state index is 0.0174. The monoisotopic (exact) mass is 571 g/mol. The molecule has 0 saturated carbocycles. The van der Waals surface area contributed by atoms with Crippen molar-refractivity contribution in [1.29, 1.82) is 0 Å². The second-order valence-corrected chi connectivity index (χ2v) is 11.8. The number of amides is 2. The van der Waals surface area contributed by atoms with Crippen molar-refractivity contribution in [2.75, 3.05) is 29.8 Å². The molecule has 1 aliphatic rings. The molecule has 0 aliphatic carbocycles. The number of hydrogen-bond acceptors (Lipinski definition) is 6. The lowest BCUT2D eigenvalue weighted by molar-refractivity contribution is -0.139. The zero-order valence-corrected chi connectivity index (χ0v) is 23.5. The van der Waals surface area contributed by atoms with Gasteiger partial charge in [-0.3, -0.25) is 13.9 Å². The molecule has 12 heteroatoms. The summed E-state index contributed by atoms with van der Waals surface area (Å²) in [6, 6.07) is 8.57. The first-order valence-corrected chi connectivity index (χ1v) is 14.2. The summed E-state index contributed by atoms with van der Waals surface area (Å²) in [5.41, 5.74) is 0.893. The third-order valence-corrected chi connectivity index (χ3v) is 8.21. The minimum atomic E-state index is -3.87. The number of anilines is 1. The molecule has 0 unspecified atom stereocenters. The second-order valence-electron chi connectivity index (χ2n) is 8.84. The standard InChI is InChI=1S/C25H31Cl2N3O6S/c1-5-37(33,34)30(19-7-9-22-23(13-19)36-11-10-35-22)15-24(31)29(17(4)25(32)28-16(2)3)14-18-6-8-20(26)21(27)12-18/h6-9,12-13,16-17H,5,10-11,14-15H2,1-4H3,(H,28,32)/t17-/m1/s1. The summed E-state index contributed by atoms with van der Waals surface area (Å²) in [5.74, 6) is -0.275. The van der Waals surface area contributed by atoms with Gasteiger partial charge in [-0.05, 0) is 57.5 Å². The van der Waals surface area contributed by atoms with E-state index in [9.17, 15) is 18.0 Å². The number of hydrogen-bond donors (Lipinski definition) is 1. The average molecular weight is 573 g/mol. The Morgan fingerprint density at radius 3 is 2.30 bits per heavy atom. The van der Waals surface area contributed by atoms with Crippen molar-refractivity contribution >= 4 is 50.7 Å². The minimum Gasteiger partial charge on any atom is -0.486 e. The molecule has 9 nitrogen and oxygen atoms in total. The van der Waals surface area contributed by atoms with Crippen LogP contribution in [0.15, 0.2) is 36.4 Å². The topological polar surface area (TPSA) is 105 Å². The highest BCUT2D eigenvalue weighted by molar-refractivity contribution is 7.92. The first kappa shape index (κ1) is 28.9. The van der Waals surface area contributed by atoms with Gasteiger partial charge in [-0.2, -0.15) is 0 Å². The van der Waals surface area contributed by atoms with Crippen molar-refractivity contribution < 1.29 is 27.5 Å². The number of nitrogens with one attached hydrogen (secondary N) is 1. The van der Waals surface area contributed by atoms with Crippen LogP contribution in [0.3, 0.4) is 0 Å². The number of ether oxygens (including phenoxy) is 2. The number of carbonyl (C=O) groups excluding carboxylic acids is 2. The summed E-state index contributed by atoms with van der Waals surface area (Å²) in [5, 5.41) is 3.46. The molecule has 0 radical (unpaired) electrons. The number of carbonyl (C=O) groups is 2. The van der Waals surface area contributed by atoms with E-state index >= 15 is 0 Å². The van der Waals surface area contributed by atoms with Crippen molar-refractivity contribution in [1.82, 2.24) is 10.2 Å². The molecule has 2 amide bonds. The van der Waals surface area contributed by atoms with Crippen LogP contribution in [0.4, 0.5) is 5.69 Å². The Hall–Kier alpha value is -2.69. The first-order chi connectivity index (χ1) is 17.4. The van der Waals surface area contributed by atoms with Crippen LogP contribution in [0, 0.1) is 0 Å². The second kappa shape index (κ2) is 12.2. The van der Waals surface area contributed by atoms with Gasteiger partial charge in [-0.1, -0.05) is 29.3 Å². The number of halogens is 2. The Morgan fingerprint density at radius 2 is 1.68 bits per heavy atom. The molecule has 0 spiro atoms. The Kier molecular flexibility index (Phi) is 9.55. The van der Waals surface area contributed by atoms with Crippen LogP contribution in [0.5, 0.6) is 11.5 Å². The lowest BCUT2D eigenvalue weighted by Gasteiger charge is -2.32. The van der Waals surface area contributed by atoms with E-state index in [1.165, 1.54) is 17.9 Å². The van der Waals surface area contributed by atoms with Gasteiger partial charge in [-0.25, -0.2) is 8.42 Å². The summed E-state index contributed by atoms with van der Waals surface area (Å²) in [6.07, 6.45) is 0. The van der Waals surface area contributed by atoms with Crippen LogP contribution >= 0.6 is 23.2 Å². The molecule has 0 fully saturated rings. The maximum Gasteiger partial charge on any atom is 0.244 e. The van der Waals surface area contributed by atoms with Gasteiger partial charge in [0, 0.05) is 18.7 Å². The SMILES string of the molecule is CCS(=O)(=O)N(CC(=O)N(Cc1ccc(Cl)c(Cl)c1)[C@H](C)C(=O)NC(C)C)c1ccc2c(c1)OCCO2. The molecule has 0 bridgehead atoms. The largest absolute Gasteiger partial charge is 0.486 e. The summed E-state index contributed by atoms with van der Waals surface area (Å²) in [6.45, 7) is 6.94. The molecule has 2 aromatic carbocycles. The van der Waals surface area contributed by atoms with Crippen molar-refractivity contribution in [2.45, 2.75) is 46.3 Å². The highest BCUT2D eigenvalue weighted by atomic mass is 35.5. The van der Waals surface area contributed by atoms with Gasteiger partial charge in [-0.15, -0.1) is 0 Å². The Bertz CT molecular complexity index is 1250. The molecule has 0 aromatic heterocycles. The van der Waals surface area contributed by atoms with Crippen molar-refractivity contribution in [3.63, 3.8) is 0 Å². The zero-order valence-electron chi connectivity index (χ0n) is 21.2. The van der Waals surface area contributed by atoms with Crippen LogP contribution in [0.1, 0.15) is 33.3 Å². The molecule has 1 atom stereocenters. The molecule has 1 N–H and O–H groups in total. The highest BCUT2D eigenvalue weighted by Crippen LogP contribution is 2.35.